The number of hydrogen-bond donors (Lipinski definition) is 1. The van der Waals surface area contributed by atoms with Crippen molar-refractivity contribution in [2.24, 2.45) is 5.73 Å². The zero-order valence-corrected chi connectivity index (χ0v) is 12.5. The molecule has 21 heavy (non-hydrogen) atoms. The lowest BCUT2D eigenvalue weighted by atomic mass is 9.94. The Balaban J connectivity index is 1.92. The van der Waals surface area contributed by atoms with Crippen LogP contribution in [0.5, 0.6) is 0 Å². The molecule has 0 aliphatic carbocycles. The first-order valence-electron chi connectivity index (χ1n) is 7.99. The van der Waals surface area contributed by atoms with Gasteiger partial charge in [-0.15, -0.1) is 0 Å². The fourth-order valence-corrected chi connectivity index (χ4v) is 3.15. The normalized spacial score (nSPS) is 11.3. The topological polar surface area (TPSA) is 26.0 Å². The van der Waals surface area contributed by atoms with Crippen LogP contribution in [0.2, 0.25) is 0 Å². The average Bonchev–Trinajstić information content (AvgIpc) is 2.54. The molecule has 0 aromatic heterocycles. The van der Waals surface area contributed by atoms with Crippen LogP contribution in [0.25, 0.3) is 21.5 Å². The van der Waals surface area contributed by atoms with Gasteiger partial charge >= 0.3 is 0 Å². The average molecular weight is 277 g/mol. The Bertz CT molecular complexity index is 730. The molecule has 3 aromatic carbocycles. The van der Waals surface area contributed by atoms with Crippen LogP contribution in [-0.4, -0.2) is 6.54 Å². The molecule has 0 unspecified atom stereocenters. The highest BCUT2D eigenvalue weighted by Crippen LogP contribution is 2.29. The van der Waals surface area contributed by atoms with Crippen molar-refractivity contribution in [2.45, 2.75) is 32.1 Å². The molecular formula is C20H23N. The van der Waals surface area contributed by atoms with Gasteiger partial charge in [0.25, 0.3) is 0 Å². The molecule has 0 saturated heterocycles. The fraction of sp³-hybridized carbons (Fsp3) is 0.300. The summed E-state index contributed by atoms with van der Waals surface area (Å²) < 4.78 is 0. The summed E-state index contributed by atoms with van der Waals surface area (Å²) in [7, 11) is 0. The van der Waals surface area contributed by atoms with Crippen LogP contribution in [0.3, 0.4) is 0 Å². The van der Waals surface area contributed by atoms with Gasteiger partial charge in [0.15, 0.2) is 0 Å². The van der Waals surface area contributed by atoms with E-state index >= 15 is 0 Å². The molecule has 0 saturated carbocycles. The van der Waals surface area contributed by atoms with Crippen molar-refractivity contribution >= 4 is 21.5 Å². The minimum absolute atomic E-state index is 0.818. The maximum atomic E-state index is 5.56. The molecule has 3 rings (SSSR count). The van der Waals surface area contributed by atoms with E-state index in [0.717, 1.165) is 19.4 Å². The molecule has 108 valence electrons. The minimum Gasteiger partial charge on any atom is -0.330 e. The quantitative estimate of drug-likeness (QED) is 0.495. The lowest BCUT2D eigenvalue weighted by Crippen LogP contribution is -1.98. The standard InChI is InChI=1S/C20H23N/c21-14-8-2-1-3-9-16-15-17-10-4-5-11-18(17)20-13-7-6-12-19(16)20/h4-7,10-13,15H,1-3,8-9,14,21H2. The maximum absolute atomic E-state index is 5.56. The van der Waals surface area contributed by atoms with Crippen LogP contribution >= 0.6 is 0 Å². The molecule has 0 fully saturated rings. The third kappa shape index (κ3) is 3.08. The predicted octanol–water partition coefficient (Wildman–Crippen LogP) is 5.05. The van der Waals surface area contributed by atoms with Gasteiger partial charge in [0.1, 0.15) is 0 Å². The van der Waals surface area contributed by atoms with Gasteiger partial charge < -0.3 is 5.73 Å². The lowest BCUT2D eigenvalue weighted by Gasteiger charge is -2.10. The lowest BCUT2D eigenvalue weighted by molar-refractivity contribution is 0.648. The first kappa shape index (κ1) is 14.1. The molecule has 0 bridgehead atoms. The van der Waals surface area contributed by atoms with E-state index in [2.05, 4.69) is 54.6 Å². The monoisotopic (exact) mass is 277 g/mol. The zero-order chi connectivity index (χ0) is 14.5. The smallest absolute Gasteiger partial charge is 0.00773 e. The molecule has 2 N–H and O–H groups in total. The van der Waals surface area contributed by atoms with Gasteiger partial charge in [-0.3, -0.25) is 0 Å². The number of nitrogens with two attached hydrogens (primary N) is 1. The van der Waals surface area contributed by atoms with E-state index in [4.69, 9.17) is 5.73 Å². The van der Waals surface area contributed by atoms with Gasteiger partial charge in [-0.1, -0.05) is 67.4 Å². The largest absolute Gasteiger partial charge is 0.330 e. The molecule has 0 spiro atoms. The summed E-state index contributed by atoms with van der Waals surface area (Å²) in [5, 5.41) is 5.51. The van der Waals surface area contributed by atoms with Gasteiger partial charge in [0, 0.05) is 0 Å². The highest BCUT2D eigenvalue weighted by atomic mass is 14.5. The Hall–Kier alpha value is -1.86. The summed E-state index contributed by atoms with van der Waals surface area (Å²) in [4.78, 5) is 0. The number of fused-ring (bicyclic) bond motifs is 3. The second-order valence-corrected chi connectivity index (χ2v) is 5.76. The molecule has 1 nitrogen and oxygen atoms in total. The van der Waals surface area contributed by atoms with Gasteiger partial charge in [0.05, 0.1) is 0 Å². The van der Waals surface area contributed by atoms with Gasteiger partial charge in [-0.2, -0.15) is 0 Å². The summed E-state index contributed by atoms with van der Waals surface area (Å²) in [6.45, 7) is 0.818. The van der Waals surface area contributed by atoms with Crippen molar-refractivity contribution in [3.05, 3.63) is 60.2 Å². The second kappa shape index (κ2) is 6.73. The number of benzene rings is 3. The first-order chi connectivity index (χ1) is 10.4. The molecule has 1 heteroatoms. The Morgan fingerprint density at radius 2 is 1.33 bits per heavy atom. The van der Waals surface area contributed by atoms with Crippen LogP contribution in [-0.2, 0) is 6.42 Å². The number of rotatable bonds is 6. The van der Waals surface area contributed by atoms with Gasteiger partial charge in [0.2, 0.25) is 0 Å². The van der Waals surface area contributed by atoms with E-state index in [9.17, 15) is 0 Å². The molecule has 0 aliphatic rings. The summed E-state index contributed by atoms with van der Waals surface area (Å²) in [5.41, 5.74) is 7.04. The second-order valence-electron chi connectivity index (χ2n) is 5.76. The van der Waals surface area contributed by atoms with E-state index in [-0.39, 0.29) is 0 Å². The van der Waals surface area contributed by atoms with Gasteiger partial charge in [-0.05, 0) is 52.9 Å². The van der Waals surface area contributed by atoms with E-state index < -0.39 is 0 Å². The molecule has 0 heterocycles. The number of hydrogen-bond acceptors (Lipinski definition) is 1. The van der Waals surface area contributed by atoms with E-state index in [1.165, 1.54) is 46.4 Å². The number of aryl methyl sites for hydroxylation is 1. The van der Waals surface area contributed by atoms with E-state index in [1.807, 2.05) is 0 Å². The third-order valence-electron chi connectivity index (χ3n) is 4.25. The summed E-state index contributed by atoms with van der Waals surface area (Å²) in [6, 6.07) is 19.9. The first-order valence-corrected chi connectivity index (χ1v) is 7.99. The Labute approximate surface area is 126 Å². The molecule has 3 aromatic rings. The summed E-state index contributed by atoms with van der Waals surface area (Å²) >= 11 is 0. The minimum atomic E-state index is 0.818. The van der Waals surface area contributed by atoms with Crippen molar-refractivity contribution in [1.82, 2.24) is 0 Å². The van der Waals surface area contributed by atoms with Crippen LogP contribution in [0.1, 0.15) is 31.2 Å². The highest BCUT2D eigenvalue weighted by molar-refractivity contribution is 6.08. The van der Waals surface area contributed by atoms with Crippen LogP contribution in [0.4, 0.5) is 0 Å². The van der Waals surface area contributed by atoms with Crippen molar-refractivity contribution in [3.63, 3.8) is 0 Å². The van der Waals surface area contributed by atoms with Crippen molar-refractivity contribution in [1.29, 1.82) is 0 Å². The third-order valence-corrected chi connectivity index (χ3v) is 4.25. The maximum Gasteiger partial charge on any atom is -0.00773 e. The van der Waals surface area contributed by atoms with Crippen LogP contribution < -0.4 is 5.73 Å². The van der Waals surface area contributed by atoms with Gasteiger partial charge in [-0.25, -0.2) is 0 Å². The Kier molecular flexibility index (Phi) is 4.52. The molecule has 0 amide bonds. The number of unbranched alkanes of at least 4 members (excludes halogenated alkanes) is 3. The van der Waals surface area contributed by atoms with E-state index in [1.54, 1.807) is 0 Å². The summed E-state index contributed by atoms with van der Waals surface area (Å²) in [6.07, 6.45) is 6.09. The molecular weight excluding hydrogens is 254 g/mol. The van der Waals surface area contributed by atoms with E-state index in [0.29, 0.717) is 0 Å². The van der Waals surface area contributed by atoms with Crippen molar-refractivity contribution in [2.75, 3.05) is 6.54 Å². The Morgan fingerprint density at radius 3 is 2.14 bits per heavy atom. The molecule has 0 aliphatic heterocycles. The Morgan fingerprint density at radius 1 is 0.667 bits per heavy atom. The SMILES string of the molecule is NCCCCCCc1cc2ccccc2c2ccccc12. The molecule has 0 radical (unpaired) electrons. The van der Waals surface area contributed by atoms with Crippen molar-refractivity contribution in [3.8, 4) is 0 Å². The predicted molar refractivity (Wildman–Crippen MR) is 92.7 cm³/mol. The van der Waals surface area contributed by atoms with Crippen LogP contribution in [0, 0.1) is 0 Å². The fourth-order valence-electron chi connectivity index (χ4n) is 3.15. The zero-order valence-electron chi connectivity index (χ0n) is 12.5. The van der Waals surface area contributed by atoms with Crippen LogP contribution in [0.15, 0.2) is 54.6 Å². The van der Waals surface area contributed by atoms with Crippen molar-refractivity contribution < 1.29 is 0 Å². The molecule has 0 atom stereocenters. The highest BCUT2D eigenvalue weighted by Gasteiger charge is 2.05. The summed E-state index contributed by atoms with van der Waals surface area (Å²) in [5.74, 6) is 0.